The summed E-state index contributed by atoms with van der Waals surface area (Å²) in [6, 6.07) is 9.48. The molecule has 0 spiro atoms. The lowest BCUT2D eigenvalue weighted by Gasteiger charge is -2.21. The summed E-state index contributed by atoms with van der Waals surface area (Å²) in [5.74, 6) is 0.943. The number of nitrogens with one attached hydrogen (secondary N) is 1. The lowest BCUT2D eigenvalue weighted by Crippen LogP contribution is -2.40. The van der Waals surface area contributed by atoms with Gasteiger partial charge in [0.2, 0.25) is 0 Å². The van der Waals surface area contributed by atoms with Crippen molar-refractivity contribution in [1.29, 1.82) is 0 Å². The molecule has 2 heterocycles. The molecule has 2 unspecified atom stereocenters. The van der Waals surface area contributed by atoms with Crippen LogP contribution in [0.3, 0.4) is 0 Å². The zero-order chi connectivity index (χ0) is 13.1. The number of ether oxygens (including phenoxy) is 1. The number of fused-ring (bicyclic) bond motifs is 1. The Morgan fingerprint density at radius 3 is 2.89 bits per heavy atom. The second-order valence-corrected chi connectivity index (χ2v) is 6.31. The molecule has 2 atom stereocenters. The standard InChI is InChI=1S/C15H21BrN2O/c16-12-3-5-13(6-4-12)19-11-8-17-14-7-10-18-9-1-2-15(14)18/h3-6,14-15,17H,1-2,7-11H2. The van der Waals surface area contributed by atoms with Crippen molar-refractivity contribution in [2.45, 2.75) is 31.3 Å². The third-order valence-electron chi connectivity index (χ3n) is 4.20. The fraction of sp³-hybridized carbons (Fsp3) is 0.600. The van der Waals surface area contributed by atoms with E-state index in [1.54, 1.807) is 0 Å². The average Bonchev–Trinajstić information content (AvgIpc) is 3.01. The Bertz CT molecular complexity index is 409. The van der Waals surface area contributed by atoms with Gasteiger partial charge in [0.15, 0.2) is 0 Å². The third kappa shape index (κ3) is 3.30. The van der Waals surface area contributed by atoms with Crippen LogP contribution >= 0.6 is 15.9 Å². The molecular weight excluding hydrogens is 304 g/mol. The SMILES string of the molecule is Brc1ccc(OCCNC2CCN3CCCC23)cc1. The first kappa shape index (κ1) is 13.4. The number of hydrogen-bond donors (Lipinski definition) is 1. The van der Waals surface area contributed by atoms with Crippen LogP contribution in [0.2, 0.25) is 0 Å². The van der Waals surface area contributed by atoms with Crippen LogP contribution in [0.5, 0.6) is 5.75 Å². The Labute approximate surface area is 123 Å². The van der Waals surface area contributed by atoms with E-state index in [9.17, 15) is 0 Å². The first-order valence-electron chi connectivity index (χ1n) is 7.19. The van der Waals surface area contributed by atoms with Gasteiger partial charge in [-0.3, -0.25) is 4.90 Å². The molecule has 0 saturated carbocycles. The van der Waals surface area contributed by atoms with Crippen molar-refractivity contribution in [3.8, 4) is 5.75 Å². The Hall–Kier alpha value is -0.580. The average molecular weight is 325 g/mol. The van der Waals surface area contributed by atoms with Crippen LogP contribution in [0.1, 0.15) is 19.3 Å². The van der Waals surface area contributed by atoms with Gasteiger partial charge in [-0.1, -0.05) is 15.9 Å². The molecule has 2 fully saturated rings. The summed E-state index contributed by atoms with van der Waals surface area (Å²) in [5.41, 5.74) is 0. The number of hydrogen-bond acceptors (Lipinski definition) is 3. The van der Waals surface area contributed by atoms with Crippen molar-refractivity contribution in [3.05, 3.63) is 28.7 Å². The molecule has 1 aromatic carbocycles. The van der Waals surface area contributed by atoms with E-state index in [2.05, 4.69) is 26.1 Å². The molecule has 0 aliphatic carbocycles. The van der Waals surface area contributed by atoms with Gasteiger partial charge in [0, 0.05) is 29.6 Å². The van der Waals surface area contributed by atoms with Crippen LogP contribution < -0.4 is 10.1 Å². The molecule has 1 aromatic rings. The van der Waals surface area contributed by atoms with E-state index in [1.807, 2.05) is 24.3 Å². The van der Waals surface area contributed by atoms with Gasteiger partial charge in [-0.05, 0) is 50.1 Å². The van der Waals surface area contributed by atoms with Gasteiger partial charge in [0.1, 0.15) is 12.4 Å². The summed E-state index contributed by atoms with van der Waals surface area (Å²) in [4.78, 5) is 2.63. The van der Waals surface area contributed by atoms with E-state index < -0.39 is 0 Å². The zero-order valence-electron chi connectivity index (χ0n) is 11.1. The topological polar surface area (TPSA) is 24.5 Å². The molecule has 3 rings (SSSR count). The van der Waals surface area contributed by atoms with Crippen molar-refractivity contribution < 1.29 is 4.74 Å². The fourth-order valence-corrected chi connectivity index (χ4v) is 3.53. The highest BCUT2D eigenvalue weighted by Crippen LogP contribution is 2.27. The van der Waals surface area contributed by atoms with Crippen LogP contribution in [0.4, 0.5) is 0 Å². The summed E-state index contributed by atoms with van der Waals surface area (Å²) in [6.45, 7) is 4.25. The van der Waals surface area contributed by atoms with Crippen molar-refractivity contribution >= 4 is 15.9 Å². The highest BCUT2D eigenvalue weighted by Gasteiger charge is 2.36. The lowest BCUT2D eigenvalue weighted by molar-refractivity contribution is 0.276. The molecule has 2 saturated heterocycles. The second kappa shape index (κ2) is 6.25. The Kier molecular flexibility index (Phi) is 4.41. The maximum atomic E-state index is 5.74. The van der Waals surface area contributed by atoms with Gasteiger partial charge < -0.3 is 10.1 Å². The van der Waals surface area contributed by atoms with Crippen LogP contribution in [0, 0.1) is 0 Å². The fourth-order valence-electron chi connectivity index (χ4n) is 3.26. The number of benzene rings is 1. The summed E-state index contributed by atoms with van der Waals surface area (Å²) in [6.07, 6.45) is 4.03. The molecule has 4 heteroatoms. The van der Waals surface area contributed by atoms with Gasteiger partial charge in [0.25, 0.3) is 0 Å². The minimum Gasteiger partial charge on any atom is -0.492 e. The highest BCUT2D eigenvalue weighted by atomic mass is 79.9. The molecule has 0 radical (unpaired) electrons. The molecule has 2 aliphatic rings. The molecule has 104 valence electrons. The largest absolute Gasteiger partial charge is 0.492 e. The highest BCUT2D eigenvalue weighted by molar-refractivity contribution is 9.10. The molecule has 19 heavy (non-hydrogen) atoms. The van der Waals surface area contributed by atoms with E-state index in [-0.39, 0.29) is 0 Å². The molecule has 0 amide bonds. The smallest absolute Gasteiger partial charge is 0.119 e. The predicted molar refractivity (Wildman–Crippen MR) is 80.6 cm³/mol. The number of halogens is 1. The monoisotopic (exact) mass is 324 g/mol. The second-order valence-electron chi connectivity index (χ2n) is 5.40. The van der Waals surface area contributed by atoms with Gasteiger partial charge in [-0.2, -0.15) is 0 Å². The number of rotatable bonds is 5. The normalized spacial score (nSPS) is 26.6. The lowest BCUT2D eigenvalue weighted by atomic mass is 10.1. The summed E-state index contributed by atoms with van der Waals surface area (Å²) < 4.78 is 6.82. The van der Waals surface area contributed by atoms with Gasteiger partial charge >= 0.3 is 0 Å². The first-order chi connectivity index (χ1) is 9.33. The first-order valence-corrected chi connectivity index (χ1v) is 7.98. The summed E-state index contributed by atoms with van der Waals surface area (Å²) in [5, 5.41) is 3.66. The van der Waals surface area contributed by atoms with E-state index in [1.165, 1.54) is 32.4 Å². The minimum atomic E-state index is 0.677. The number of nitrogens with zero attached hydrogens (tertiary/aromatic N) is 1. The molecule has 2 aliphatic heterocycles. The van der Waals surface area contributed by atoms with Crippen LogP contribution in [-0.4, -0.2) is 43.2 Å². The maximum absolute atomic E-state index is 5.74. The molecule has 0 bridgehead atoms. The van der Waals surface area contributed by atoms with E-state index in [0.717, 1.165) is 29.4 Å². The van der Waals surface area contributed by atoms with Crippen LogP contribution in [0.25, 0.3) is 0 Å². The van der Waals surface area contributed by atoms with Crippen molar-refractivity contribution in [3.63, 3.8) is 0 Å². The quantitative estimate of drug-likeness (QED) is 0.843. The third-order valence-corrected chi connectivity index (χ3v) is 4.73. The van der Waals surface area contributed by atoms with Gasteiger partial charge in [-0.25, -0.2) is 0 Å². The van der Waals surface area contributed by atoms with Crippen LogP contribution in [0.15, 0.2) is 28.7 Å². The maximum Gasteiger partial charge on any atom is 0.119 e. The van der Waals surface area contributed by atoms with Gasteiger partial charge in [0.05, 0.1) is 0 Å². The van der Waals surface area contributed by atoms with Crippen molar-refractivity contribution in [2.24, 2.45) is 0 Å². The Morgan fingerprint density at radius 1 is 1.21 bits per heavy atom. The Morgan fingerprint density at radius 2 is 2.05 bits per heavy atom. The molecule has 3 nitrogen and oxygen atoms in total. The van der Waals surface area contributed by atoms with Crippen LogP contribution in [-0.2, 0) is 0 Å². The van der Waals surface area contributed by atoms with E-state index in [0.29, 0.717) is 6.04 Å². The van der Waals surface area contributed by atoms with E-state index >= 15 is 0 Å². The Balaban J connectivity index is 1.38. The summed E-state index contributed by atoms with van der Waals surface area (Å²) >= 11 is 3.43. The van der Waals surface area contributed by atoms with Crippen molar-refractivity contribution in [2.75, 3.05) is 26.2 Å². The molecule has 0 aromatic heterocycles. The zero-order valence-corrected chi connectivity index (χ0v) is 12.7. The molecule has 1 N–H and O–H groups in total. The van der Waals surface area contributed by atoms with E-state index in [4.69, 9.17) is 4.74 Å². The molecular formula is C15H21BrN2O. The summed E-state index contributed by atoms with van der Waals surface area (Å²) in [7, 11) is 0. The van der Waals surface area contributed by atoms with Gasteiger partial charge in [-0.15, -0.1) is 0 Å². The predicted octanol–water partition coefficient (Wildman–Crippen LogP) is 2.65. The van der Waals surface area contributed by atoms with Crippen molar-refractivity contribution in [1.82, 2.24) is 10.2 Å². The minimum absolute atomic E-state index is 0.677.